The highest BCUT2D eigenvalue weighted by Gasteiger charge is 1.96. The Morgan fingerprint density at radius 3 is 1.81 bits per heavy atom. The molecule has 16 heavy (non-hydrogen) atoms. The molecule has 1 aromatic carbocycles. The van der Waals surface area contributed by atoms with Gasteiger partial charge in [-0.1, -0.05) is 46.8 Å². The third kappa shape index (κ3) is 8.04. The van der Waals surface area contributed by atoms with Gasteiger partial charge < -0.3 is 4.74 Å². The molecule has 0 heterocycles. The maximum absolute atomic E-state index is 10.5. The van der Waals surface area contributed by atoms with E-state index in [1.807, 2.05) is 39.8 Å². The Kier molecular flexibility index (Phi) is 12.6. The van der Waals surface area contributed by atoms with Crippen molar-refractivity contribution in [3.8, 4) is 5.75 Å². The smallest absolute Gasteiger partial charge is 0.308 e. The number of carbonyl (C=O) groups excluding carboxylic acids is 1. The monoisotopic (exact) mass is 224 g/mol. The first kappa shape index (κ1) is 17.1. The van der Waals surface area contributed by atoms with Crippen molar-refractivity contribution in [3.63, 3.8) is 0 Å². The van der Waals surface area contributed by atoms with Gasteiger partial charge in [0.05, 0.1) is 0 Å². The number of rotatable bonds is 2. The van der Waals surface area contributed by atoms with E-state index in [0.717, 1.165) is 6.42 Å². The number of carbonyl (C=O) groups is 1. The second-order valence-electron chi connectivity index (χ2n) is 2.59. The second-order valence-corrected chi connectivity index (χ2v) is 2.59. The molecule has 2 heteroatoms. The van der Waals surface area contributed by atoms with Crippen molar-refractivity contribution >= 4 is 5.97 Å². The van der Waals surface area contributed by atoms with Gasteiger partial charge in [-0.3, -0.25) is 4.79 Å². The van der Waals surface area contributed by atoms with Crippen molar-refractivity contribution in [1.82, 2.24) is 0 Å². The van der Waals surface area contributed by atoms with Crippen LogP contribution in [0.3, 0.4) is 0 Å². The zero-order chi connectivity index (χ0) is 13.0. The highest BCUT2D eigenvalue weighted by Crippen LogP contribution is 2.12. The Hall–Kier alpha value is -1.31. The van der Waals surface area contributed by atoms with Crippen molar-refractivity contribution in [2.45, 2.75) is 48.0 Å². The normalized spacial score (nSPS) is 7.88. The van der Waals surface area contributed by atoms with Crippen LogP contribution in [0.2, 0.25) is 0 Å². The van der Waals surface area contributed by atoms with E-state index in [2.05, 4.69) is 6.92 Å². The maximum atomic E-state index is 10.5. The topological polar surface area (TPSA) is 26.3 Å². The summed E-state index contributed by atoms with van der Waals surface area (Å²) < 4.78 is 4.87. The molecular formula is C14H24O2. The predicted molar refractivity (Wildman–Crippen MR) is 69.8 cm³/mol. The van der Waals surface area contributed by atoms with Gasteiger partial charge in [0.25, 0.3) is 0 Å². The molecular weight excluding hydrogens is 200 g/mol. The van der Waals surface area contributed by atoms with Gasteiger partial charge in [-0.15, -0.1) is 0 Å². The first-order valence-corrected chi connectivity index (χ1v) is 5.99. The lowest BCUT2D eigenvalue weighted by molar-refractivity contribution is -0.131. The first-order valence-electron chi connectivity index (χ1n) is 5.99. The third-order valence-electron chi connectivity index (χ3n) is 1.59. The molecule has 0 fully saturated rings. The van der Waals surface area contributed by atoms with Crippen molar-refractivity contribution < 1.29 is 9.53 Å². The molecule has 0 aliphatic heterocycles. The van der Waals surface area contributed by atoms with Crippen LogP contribution in [-0.4, -0.2) is 5.97 Å². The molecule has 0 aromatic heterocycles. The van der Waals surface area contributed by atoms with Crippen molar-refractivity contribution in [2.75, 3.05) is 0 Å². The molecule has 2 nitrogen and oxygen atoms in total. The highest BCUT2D eigenvalue weighted by molar-refractivity contribution is 5.69. The van der Waals surface area contributed by atoms with Crippen LogP contribution >= 0.6 is 0 Å². The van der Waals surface area contributed by atoms with Crippen LogP contribution in [0.25, 0.3) is 0 Å². The number of aryl methyl sites for hydroxylation is 1. The number of benzene rings is 1. The average Bonchev–Trinajstić information content (AvgIpc) is 2.34. The average molecular weight is 224 g/mol. The van der Waals surface area contributed by atoms with Crippen LogP contribution < -0.4 is 4.74 Å². The molecule has 0 unspecified atom stereocenters. The second kappa shape index (κ2) is 11.8. The minimum atomic E-state index is -0.278. The lowest BCUT2D eigenvalue weighted by atomic mass is 10.2. The van der Waals surface area contributed by atoms with Crippen molar-refractivity contribution in [3.05, 3.63) is 29.8 Å². The van der Waals surface area contributed by atoms with Crippen LogP contribution in [0.15, 0.2) is 24.3 Å². The minimum Gasteiger partial charge on any atom is -0.427 e. The summed E-state index contributed by atoms with van der Waals surface area (Å²) in [4.78, 5) is 10.5. The SMILES string of the molecule is CC.CC.CCc1ccc(OC(C)=O)cc1. The molecule has 0 atom stereocenters. The van der Waals surface area contributed by atoms with E-state index in [0.29, 0.717) is 5.75 Å². The third-order valence-corrected chi connectivity index (χ3v) is 1.59. The van der Waals surface area contributed by atoms with Crippen LogP contribution in [0.1, 0.15) is 47.1 Å². The summed E-state index contributed by atoms with van der Waals surface area (Å²) in [6.07, 6.45) is 1.00. The predicted octanol–water partition coefficient (Wildman–Crippen LogP) is 4.23. The molecule has 0 saturated heterocycles. The first-order chi connectivity index (χ1) is 7.72. The zero-order valence-corrected chi connectivity index (χ0v) is 11.3. The van der Waals surface area contributed by atoms with Gasteiger partial charge in [-0.05, 0) is 24.1 Å². The van der Waals surface area contributed by atoms with Gasteiger partial charge in [0.1, 0.15) is 5.75 Å². The summed E-state index contributed by atoms with van der Waals surface area (Å²) in [5, 5.41) is 0. The van der Waals surface area contributed by atoms with Gasteiger partial charge in [0, 0.05) is 6.92 Å². The summed E-state index contributed by atoms with van der Waals surface area (Å²) in [7, 11) is 0. The quantitative estimate of drug-likeness (QED) is 0.555. The van der Waals surface area contributed by atoms with Gasteiger partial charge in [0.2, 0.25) is 0 Å². The molecule has 1 rings (SSSR count). The van der Waals surface area contributed by atoms with E-state index >= 15 is 0 Å². The van der Waals surface area contributed by atoms with Gasteiger partial charge >= 0.3 is 5.97 Å². The van der Waals surface area contributed by atoms with Gasteiger partial charge in [0.15, 0.2) is 0 Å². The maximum Gasteiger partial charge on any atom is 0.308 e. The van der Waals surface area contributed by atoms with Crippen LogP contribution in [0.4, 0.5) is 0 Å². The fourth-order valence-electron chi connectivity index (χ4n) is 0.959. The summed E-state index contributed by atoms with van der Waals surface area (Å²) >= 11 is 0. The Morgan fingerprint density at radius 1 is 1.06 bits per heavy atom. The number of hydrogen-bond donors (Lipinski definition) is 0. The van der Waals surface area contributed by atoms with Crippen molar-refractivity contribution in [2.24, 2.45) is 0 Å². The van der Waals surface area contributed by atoms with Crippen LogP contribution in [0, 0.1) is 0 Å². The fourth-order valence-corrected chi connectivity index (χ4v) is 0.959. The lowest BCUT2D eigenvalue weighted by Gasteiger charge is -2.01. The summed E-state index contributed by atoms with van der Waals surface area (Å²) in [6, 6.07) is 7.52. The number of esters is 1. The molecule has 0 aliphatic rings. The summed E-state index contributed by atoms with van der Waals surface area (Å²) in [6.45, 7) is 11.5. The van der Waals surface area contributed by atoms with E-state index in [4.69, 9.17) is 4.74 Å². The zero-order valence-electron chi connectivity index (χ0n) is 11.3. The number of hydrogen-bond acceptors (Lipinski definition) is 2. The lowest BCUT2D eigenvalue weighted by Crippen LogP contribution is -2.00. The molecule has 0 N–H and O–H groups in total. The van der Waals surface area contributed by atoms with E-state index in [-0.39, 0.29) is 5.97 Å². The fraction of sp³-hybridized carbons (Fsp3) is 0.500. The largest absolute Gasteiger partial charge is 0.427 e. The van der Waals surface area contributed by atoms with E-state index in [9.17, 15) is 4.79 Å². The molecule has 92 valence electrons. The molecule has 0 radical (unpaired) electrons. The number of ether oxygens (including phenoxy) is 1. The van der Waals surface area contributed by atoms with E-state index < -0.39 is 0 Å². The molecule has 0 saturated carbocycles. The Bertz CT molecular complexity index is 263. The molecule has 0 bridgehead atoms. The summed E-state index contributed by atoms with van der Waals surface area (Å²) in [5.74, 6) is 0.332. The standard InChI is InChI=1S/C10H12O2.2C2H6/c1-3-9-4-6-10(7-5-9)12-8(2)11;2*1-2/h4-7H,3H2,1-2H3;2*1-2H3. The molecule has 0 amide bonds. The van der Waals surface area contributed by atoms with Crippen molar-refractivity contribution in [1.29, 1.82) is 0 Å². The van der Waals surface area contributed by atoms with Crippen LogP contribution in [-0.2, 0) is 11.2 Å². The Balaban J connectivity index is 0. The van der Waals surface area contributed by atoms with Crippen LogP contribution in [0.5, 0.6) is 5.75 Å². The molecule has 0 spiro atoms. The Labute approximate surface area is 99.6 Å². The molecule has 0 aliphatic carbocycles. The molecule has 1 aromatic rings. The summed E-state index contributed by atoms with van der Waals surface area (Å²) in [5.41, 5.74) is 1.24. The highest BCUT2D eigenvalue weighted by atomic mass is 16.5. The van der Waals surface area contributed by atoms with E-state index in [1.54, 1.807) is 12.1 Å². The Morgan fingerprint density at radius 2 is 1.50 bits per heavy atom. The minimum absolute atomic E-state index is 0.278. The van der Waals surface area contributed by atoms with Gasteiger partial charge in [-0.25, -0.2) is 0 Å². The van der Waals surface area contributed by atoms with Gasteiger partial charge in [-0.2, -0.15) is 0 Å². The van der Waals surface area contributed by atoms with E-state index in [1.165, 1.54) is 12.5 Å².